The number of benzene rings is 1. The van der Waals surface area contributed by atoms with Gasteiger partial charge >= 0.3 is 6.18 Å². The first-order valence-electron chi connectivity index (χ1n) is 5.64. The fraction of sp³-hybridized carbons (Fsp3) is 0.500. The van der Waals surface area contributed by atoms with Gasteiger partial charge in [0.2, 0.25) is 0 Å². The topological polar surface area (TPSA) is 21.3 Å². The molecule has 1 aromatic carbocycles. The van der Waals surface area contributed by atoms with Gasteiger partial charge in [0.15, 0.2) is 5.60 Å². The Morgan fingerprint density at radius 2 is 2.17 bits per heavy atom. The van der Waals surface area contributed by atoms with Gasteiger partial charge in [-0.3, -0.25) is 0 Å². The highest BCUT2D eigenvalue weighted by atomic mass is 35.5. The quantitative estimate of drug-likeness (QED) is 0.787. The second kappa shape index (κ2) is 3.85. The summed E-state index contributed by atoms with van der Waals surface area (Å²) < 4.78 is 45.0. The zero-order valence-corrected chi connectivity index (χ0v) is 10.1. The van der Waals surface area contributed by atoms with Crippen molar-refractivity contribution in [3.05, 3.63) is 34.3 Å². The number of nitrogens with one attached hydrogen (secondary N) is 1. The molecule has 0 saturated carbocycles. The van der Waals surface area contributed by atoms with Crippen LogP contribution in [-0.2, 0) is 11.3 Å². The van der Waals surface area contributed by atoms with E-state index in [0.29, 0.717) is 16.1 Å². The third kappa shape index (κ3) is 1.51. The molecule has 2 nitrogen and oxygen atoms in total. The van der Waals surface area contributed by atoms with E-state index in [4.69, 9.17) is 16.3 Å². The predicted octanol–water partition coefficient (Wildman–Crippen LogP) is 2.86. The highest BCUT2D eigenvalue weighted by Crippen LogP contribution is 2.51. The van der Waals surface area contributed by atoms with E-state index in [0.717, 1.165) is 0 Å². The van der Waals surface area contributed by atoms with Crippen molar-refractivity contribution in [3.63, 3.8) is 0 Å². The third-order valence-electron chi connectivity index (χ3n) is 3.78. The number of alkyl halides is 3. The van der Waals surface area contributed by atoms with Gasteiger partial charge in [0.25, 0.3) is 0 Å². The van der Waals surface area contributed by atoms with Gasteiger partial charge in [-0.05, 0) is 17.2 Å². The molecule has 0 aromatic heterocycles. The Morgan fingerprint density at radius 1 is 1.39 bits per heavy atom. The molecule has 0 amide bonds. The number of ether oxygens (including phenoxy) is 1. The summed E-state index contributed by atoms with van der Waals surface area (Å²) in [7, 11) is 0. The van der Waals surface area contributed by atoms with Crippen molar-refractivity contribution in [2.24, 2.45) is 0 Å². The van der Waals surface area contributed by atoms with Gasteiger partial charge < -0.3 is 10.1 Å². The molecule has 2 atom stereocenters. The van der Waals surface area contributed by atoms with Crippen LogP contribution in [0, 0.1) is 0 Å². The summed E-state index contributed by atoms with van der Waals surface area (Å²) in [6.07, 6.45) is -4.39. The number of rotatable bonds is 0. The lowest BCUT2D eigenvalue weighted by Crippen LogP contribution is -2.54. The zero-order chi connectivity index (χ0) is 13.0. The van der Waals surface area contributed by atoms with Crippen LogP contribution < -0.4 is 5.32 Å². The summed E-state index contributed by atoms with van der Waals surface area (Å²) in [6, 6.07) is 5.07. The maximum absolute atomic E-state index is 13.3. The van der Waals surface area contributed by atoms with Gasteiger partial charge in [-0.1, -0.05) is 23.7 Å². The second-order valence-electron chi connectivity index (χ2n) is 4.67. The summed E-state index contributed by atoms with van der Waals surface area (Å²) in [6.45, 7) is -0.0351. The largest absolute Gasteiger partial charge is 0.419 e. The Balaban J connectivity index is 2.13. The molecule has 0 spiro atoms. The Bertz CT molecular complexity index is 491. The smallest absolute Gasteiger partial charge is 0.359 e. The third-order valence-corrected chi connectivity index (χ3v) is 4.14. The van der Waals surface area contributed by atoms with E-state index in [1.165, 1.54) is 0 Å². The van der Waals surface area contributed by atoms with Gasteiger partial charge in [-0.25, -0.2) is 0 Å². The van der Waals surface area contributed by atoms with Gasteiger partial charge in [0.1, 0.15) is 0 Å². The van der Waals surface area contributed by atoms with E-state index in [1.807, 2.05) is 0 Å². The Labute approximate surface area is 107 Å². The van der Waals surface area contributed by atoms with Crippen molar-refractivity contribution in [1.29, 1.82) is 0 Å². The zero-order valence-electron chi connectivity index (χ0n) is 9.35. The lowest BCUT2D eigenvalue weighted by Gasteiger charge is -2.41. The van der Waals surface area contributed by atoms with E-state index in [2.05, 4.69) is 5.32 Å². The molecule has 2 aliphatic heterocycles. The number of halogens is 4. The summed E-state index contributed by atoms with van der Waals surface area (Å²) in [5.41, 5.74) is -0.783. The standard InChI is InChI=1S/C12H11ClF3NO/c13-10-3-1-2-7-8(10)5-18-11(12(14,15)16)6-17-4-9(7)11/h1-3,9,17H,4-6H2/t9-,11+/m1/s1. The van der Waals surface area contributed by atoms with Gasteiger partial charge in [0.05, 0.1) is 6.61 Å². The lowest BCUT2D eigenvalue weighted by molar-refractivity contribution is -0.283. The fourth-order valence-corrected chi connectivity index (χ4v) is 3.07. The normalized spacial score (nSPS) is 31.0. The maximum atomic E-state index is 13.3. The fourth-order valence-electron chi connectivity index (χ4n) is 2.84. The van der Waals surface area contributed by atoms with Gasteiger partial charge in [-0.2, -0.15) is 13.2 Å². The molecule has 98 valence electrons. The molecular formula is C12H11ClF3NO. The molecule has 1 aromatic rings. The second-order valence-corrected chi connectivity index (χ2v) is 5.07. The first-order valence-corrected chi connectivity index (χ1v) is 6.02. The molecule has 6 heteroatoms. The van der Waals surface area contributed by atoms with Crippen LogP contribution in [0.15, 0.2) is 18.2 Å². The Kier molecular flexibility index (Phi) is 2.63. The first-order chi connectivity index (χ1) is 8.46. The Hall–Kier alpha value is -0.780. The van der Waals surface area contributed by atoms with E-state index < -0.39 is 17.7 Å². The molecular weight excluding hydrogens is 267 g/mol. The van der Waals surface area contributed by atoms with Crippen LogP contribution in [-0.4, -0.2) is 24.9 Å². The summed E-state index contributed by atoms with van der Waals surface area (Å²) >= 11 is 6.01. The van der Waals surface area contributed by atoms with Gasteiger partial charge in [0, 0.05) is 24.0 Å². The molecule has 1 N–H and O–H groups in total. The van der Waals surface area contributed by atoms with Crippen LogP contribution in [0.25, 0.3) is 0 Å². The van der Waals surface area contributed by atoms with Crippen LogP contribution in [0.3, 0.4) is 0 Å². The SMILES string of the molecule is FC(F)(F)[C@]12CNC[C@@H]1c1cccc(Cl)c1CO2. The Morgan fingerprint density at radius 3 is 2.89 bits per heavy atom. The van der Waals surface area contributed by atoms with Crippen molar-refractivity contribution in [2.75, 3.05) is 13.1 Å². The van der Waals surface area contributed by atoms with Crippen LogP contribution in [0.2, 0.25) is 5.02 Å². The van der Waals surface area contributed by atoms with E-state index in [-0.39, 0.29) is 19.7 Å². The maximum Gasteiger partial charge on any atom is 0.419 e. The summed E-state index contributed by atoms with van der Waals surface area (Å²) in [5.74, 6) is -0.722. The average Bonchev–Trinajstić information content (AvgIpc) is 2.74. The molecule has 3 rings (SSSR count). The minimum absolute atomic E-state index is 0.0906. The highest BCUT2D eigenvalue weighted by Gasteiger charge is 2.64. The molecule has 1 saturated heterocycles. The van der Waals surface area contributed by atoms with E-state index in [9.17, 15) is 13.2 Å². The van der Waals surface area contributed by atoms with Crippen LogP contribution in [0.5, 0.6) is 0 Å². The molecule has 0 aliphatic carbocycles. The number of fused-ring (bicyclic) bond motifs is 3. The lowest BCUT2D eigenvalue weighted by atomic mass is 9.80. The first kappa shape index (κ1) is 12.3. The van der Waals surface area contributed by atoms with Gasteiger partial charge in [-0.15, -0.1) is 0 Å². The van der Waals surface area contributed by atoms with E-state index >= 15 is 0 Å². The minimum atomic E-state index is -4.39. The van der Waals surface area contributed by atoms with E-state index in [1.54, 1.807) is 18.2 Å². The molecule has 2 aliphatic rings. The number of hydrogen-bond donors (Lipinski definition) is 1. The monoisotopic (exact) mass is 277 g/mol. The predicted molar refractivity (Wildman–Crippen MR) is 60.6 cm³/mol. The number of hydrogen-bond acceptors (Lipinski definition) is 2. The molecule has 0 unspecified atom stereocenters. The minimum Gasteiger partial charge on any atom is -0.359 e. The summed E-state index contributed by atoms with van der Waals surface area (Å²) in [4.78, 5) is 0. The molecule has 2 heterocycles. The average molecular weight is 278 g/mol. The van der Waals surface area contributed by atoms with Crippen LogP contribution >= 0.6 is 11.6 Å². The van der Waals surface area contributed by atoms with Crippen LogP contribution in [0.4, 0.5) is 13.2 Å². The molecule has 0 bridgehead atoms. The van der Waals surface area contributed by atoms with Crippen molar-refractivity contribution in [1.82, 2.24) is 5.32 Å². The van der Waals surface area contributed by atoms with Crippen molar-refractivity contribution >= 4 is 11.6 Å². The summed E-state index contributed by atoms with van der Waals surface area (Å²) in [5, 5.41) is 3.25. The molecule has 1 fully saturated rings. The van der Waals surface area contributed by atoms with Crippen molar-refractivity contribution < 1.29 is 17.9 Å². The van der Waals surface area contributed by atoms with Crippen LogP contribution in [0.1, 0.15) is 17.0 Å². The van der Waals surface area contributed by atoms with Crippen molar-refractivity contribution in [2.45, 2.75) is 24.3 Å². The van der Waals surface area contributed by atoms with Crippen molar-refractivity contribution in [3.8, 4) is 0 Å². The molecule has 0 radical (unpaired) electrons. The molecule has 18 heavy (non-hydrogen) atoms. The highest BCUT2D eigenvalue weighted by molar-refractivity contribution is 6.31.